The van der Waals surface area contributed by atoms with E-state index in [2.05, 4.69) is 10.2 Å². The molecule has 3 N–H and O–H groups in total. The van der Waals surface area contributed by atoms with E-state index in [1.165, 1.54) is 12.1 Å². The molecule has 0 saturated carbocycles. The molecule has 1 aliphatic rings. The molecule has 1 unspecified atom stereocenters. The molecule has 0 aliphatic carbocycles. The maximum atomic E-state index is 13.0. The first-order chi connectivity index (χ1) is 20.1. The molecule has 42 heavy (non-hydrogen) atoms. The van der Waals surface area contributed by atoms with E-state index in [-0.39, 0.29) is 22.6 Å². The number of primary amides is 1. The molecule has 0 saturated heterocycles. The predicted octanol–water partition coefficient (Wildman–Crippen LogP) is 6.95. The monoisotopic (exact) mass is 591 g/mol. The number of alkyl halides is 3. The minimum atomic E-state index is -4.35. The number of carbonyl (C=O) groups is 2. The van der Waals surface area contributed by atoms with Gasteiger partial charge in [-0.2, -0.15) is 13.2 Å². The van der Waals surface area contributed by atoms with Gasteiger partial charge in [-0.05, 0) is 77.3 Å². The van der Waals surface area contributed by atoms with Gasteiger partial charge < -0.3 is 20.7 Å². The van der Waals surface area contributed by atoms with E-state index in [0.717, 1.165) is 22.4 Å². The van der Waals surface area contributed by atoms with Gasteiger partial charge in [0, 0.05) is 22.6 Å². The van der Waals surface area contributed by atoms with Crippen molar-refractivity contribution in [3.63, 3.8) is 0 Å². The molecule has 1 heterocycles. The van der Waals surface area contributed by atoms with E-state index in [1.807, 2.05) is 42.5 Å². The van der Waals surface area contributed by atoms with Crippen molar-refractivity contribution in [2.45, 2.75) is 29.9 Å². The van der Waals surface area contributed by atoms with Crippen molar-refractivity contribution in [2.75, 3.05) is 18.1 Å². The first kappa shape index (κ1) is 29.1. The number of carbonyl (C=O) groups excluding carboxylic acids is 2. The number of nitrogens with two attached hydrogens (primary N) is 1. The number of nitrogens with zero attached hydrogens (tertiary/aromatic N) is 1. The second kappa shape index (κ2) is 12.2. The lowest BCUT2D eigenvalue weighted by Gasteiger charge is -2.31. The van der Waals surface area contributed by atoms with Crippen LogP contribution in [-0.2, 0) is 6.54 Å². The molecule has 4 aromatic carbocycles. The van der Waals surface area contributed by atoms with Crippen molar-refractivity contribution in [1.82, 2.24) is 5.32 Å². The second-order valence-corrected chi connectivity index (χ2v) is 11.0. The Labute approximate surface area is 245 Å². The lowest BCUT2D eigenvalue weighted by molar-refractivity contribution is -0.0328. The zero-order chi connectivity index (χ0) is 29.9. The Morgan fingerprint density at radius 3 is 2.40 bits per heavy atom. The molecular weight excluding hydrogens is 563 g/mol. The largest absolute Gasteiger partial charge is 0.490 e. The number of rotatable bonds is 8. The second-order valence-electron chi connectivity index (χ2n) is 9.87. The lowest BCUT2D eigenvalue weighted by Crippen LogP contribution is -2.32. The van der Waals surface area contributed by atoms with Crippen molar-refractivity contribution in [2.24, 2.45) is 5.73 Å². The number of amides is 2. The third-order valence-corrected chi connectivity index (χ3v) is 7.71. The zero-order valence-corrected chi connectivity index (χ0v) is 23.5. The molecule has 216 valence electrons. The molecule has 4 aromatic rings. The van der Waals surface area contributed by atoms with Gasteiger partial charge in [-0.25, -0.2) is 0 Å². The van der Waals surface area contributed by atoms with Gasteiger partial charge in [-0.1, -0.05) is 54.6 Å². The third-order valence-electron chi connectivity index (χ3n) is 6.97. The van der Waals surface area contributed by atoms with Crippen LogP contribution in [0.1, 0.15) is 44.8 Å². The van der Waals surface area contributed by atoms with Gasteiger partial charge in [0.2, 0.25) is 5.91 Å². The highest BCUT2D eigenvalue weighted by atomic mass is 32.2. The first-order valence-electron chi connectivity index (χ1n) is 13.2. The quantitative estimate of drug-likeness (QED) is 0.217. The van der Waals surface area contributed by atoms with Crippen LogP contribution in [0.25, 0.3) is 11.1 Å². The molecule has 0 spiro atoms. The molecule has 1 atom stereocenters. The summed E-state index contributed by atoms with van der Waals surface area (Å²) in [4.78, 5) is 27.1. The van der Waals surface area contributed by atoms with Gasteiger partial charge in [-0.15, -0.1) is 0 Å². The summed E-state index contributed by atoms with van der Waals surface area (Å²) in [5.74, 6) is -0.187. The summed E-state index contributed by atoms with van der Waals surface area (Å²) in [6, 6.07) is 26.0. The number of benzene rings is 4. The van der Waals surface area contributed by atoms with Crippen LogP contribution in [0.15, 0.2) is 95.9 Å². The number of halogens is 3. The normalized spacial score (nSPS) is 13.6. The number of fused-ring (bicyclic) bond motifs is 1. The third kappa shape index (κ3) is 6.88. The van der Waals surface area contributed by atoms with E-state index in [9.17, 15) is 22.8 Å². The number of hydrogen-bond acceptors (Lipinski definition) is 5. The van der Waals surface area contributed by atoms with Crippen LogP contribution >= 0.6 is 11.8 Å². The van der Waals surface area contributed by atoms with Crippen LogP contribution in [0, 0.1) is 0 Å². The van der Waals surface area contributed by atoms with Gasteiger partial charge in [0.25, 0.3) is 5.91 Å². The van der Waals surface area contributed by atoms with E-state index in [0.29, 0.717) is 42.1 Å². The average Bonchev–Trinajstić information content (AvgIpc) is 2.97. The Morgan fingerprint density at radius 2 is 1.71 bits per heavy atom. The van der Waals surface area contributed by atoms with Gasteiger partial charge in [0.05, 0.1) is 18.3 Å². The van der Waals surface area contributed by atoms with Crippen LogP contribution in [0.4, 0.5) is 18.9 Å². The Balaban J connectivity index is 1.25. The smallest absolute Gasteiger partial charge is 0.446 e. The number of thioether (sulfide) groups is 1. The van der Waals surface area contributed by atoms with Crippen LogP contribution in [0.3, 0.4) is 0 Å². The maximum absolute atomic E-state index is 13.0. The summed E-state index contributed by atoms with van der Waals surface area (Å²) in [5, 5.41) is 2.90. The fourth-order valence-electron chi connectivity index (χ4n) is 4.86. The molecule has 1 aliphatic heterocycles. The summed E-state index contributed by atoms with van der Waals surface area (Å²) in [6.45, 7) is 3.53. The van der Waals surface area contributed by atoms with Crippen molar-refractivity contribution in [3.05, 3.63) is 113 Å². The summed E-state index contributed by atoms with van der Waals surface area (Å²) in [5.41, 5.74) is 6.39. The number of hydrogen-bond donors (Lipinski definition) is 2. The molecule has 0 bridgehead atoms. The molecule has 0 radical (unpaired) electrons. The van der Waals surface area contributed by atoms with Gasteiger partial charge in [-0.3, -0.25) is 9.59 Å². The topological polar surface area (TPSA) is 84.7 Å². The lowest BCUT2D eigenvalue weighted by atomic mass is 9.98. The Bertz CT molecular complexity index is 1590. The zero-order valence-electron chi connectivity index (χ0n) is 22.7. The summed E-state index contributed by atoms with van der Waals surface area (Å²) in [7, 11) is 0. The summed E-state index contributed by atoms with van der Waals surface area (Å²) >= 11 is -0.174. The fraction of sp³-hybridized carbons (Fsp3) is 0.188. The van der Waals surface area contributed by atoms with Crippen molar-refractivity contribution in [1.29, 1.82) is 0 Å². The Kier molecular flexibility index (Phi) is 8.44. The Morgan fingerprint density at radius 1 is 1.00 bits per heavy atom. The summed E-state index contributed by atoms with van der Waals surface area (Å²) < 4.78 is 43.7. The highest BCUT2D eigenvalue weighted by Gasteiger charge is 2.29. The molecule has 2 amide bonds. The first-order valence-corrected chi connectivity index (χ1v) is 14.1. The van der Waals surface area contributed by atoms with E-state index >= 15 is 0 Å². The molecule has 5 rings (SSSR count). The molecule has 6 nitrogen and oxygen atoms in total. The van der Waals surface area contributed by atoms with E-state index in [4.69, 9.17) is 10.5 Å². The minimum absolute atomic E-state index is 0.0885. The highest BCUT2D eigenvalue weighted by Crippen LogP contribution is 2.37. The van der Waals surface area contributed by atoms with Crippen LogP contribution in [0.2, 0.25) is 0 Å². The predicted molar refractivity (Wildman–Crippen MR) is 158 cm³/mol. The standard InChI is InChI=1S/C32H28F3N3O3S/c1-20(22-10-13-25(14-11-22)42-32(33,34)35)37-31(40)24-12-15-28-29(18-24)41-17-16-38(28)19-21-6-8-23(9-7-21)26-4-2-3-5-27(26)30(36)39/h2-15,18,20H,16-17,19H2,1H3,(H2,36,39)(H,37,40). The van der Waals surface area contributed by atoms with Crippen LogP contribution in [-0.4, -0.2) is 30.5 Å². The van der Waals surface area contributed by atoms with Gasteiger partial charge >= 0.3 is 5.51 Å². The van der Waals surface area contributed by atoms with E-state index in [1.54, 1.807) is 43.3 Å². The minimum Gasteiger partial charge on any atom is -0.490 e. The fourth-order valence-corrected chi connectivity index (χ4v) is 5.40. The van der Waals surface area contributed by atoms with Gasteiger partial charge in [0.1, 0.15) is 12.4 Å². The number of nitrogens with one attached hydrogen (secondary N) is 1. The SMILES string of the molecule is CC(NC(=O)c1ccc2c(c1)OCCN2Cc1ccc(-c2ccccc2C(N)=O)cc1)c1ccc(SC(F)(F)F)cc1. The number of ether oxygens (including phenoxy) is 1. The molecule has 0 fully saturated rings. The van der Waals surface area contributed by atoms with Crippen molar-refractivity contribution >= 4 is 29.3 Å². The van der Waals surface area contributed by atoms with Crippen LogP contribution in [0.5, 0.6) is 5.75 Å². The average molecular weight is 592 g/mol. The van der Waals surface area contributed by atoms with E-state index < -0.39 is 17.5 Å². The van der Waals surface area contributed by atoms with Crippen molar-refractivity contribution in [3.8, 4) is 16.9 Å². The highest BCUT2D eigenvalue weighted by molar-refractivity contribution is 8.00. The molecule has 0 aromatic heterocycles. The van der Waals surface area contributed by atoms with Gasteiger partial charge in [0.15, 0.2) is 0 Å². The molecule has 10 heteroatoms. The van der Waals surface area contributed by atoms with Crippen molar-refractivity contribution < 1.29 is 27.5 Å². The number of anilines is 1. The Hall–Kier alpha value is -4.44. The van der Waals surface area contributed by atoms with Crippen LogP contribution < -0.4 is 20.7 Å². The summed E-state index contributed by atoms with van der Waals surface area (Å²) in [6.07, 6.45) is 0. The maximum Gasteiger partial charge on any atom is 0.446 e. The molecular formula is C32H28F3N3O3S.